The van der Waals surface area contributed by atoms with E-state index in [1.54, 1.807) is 4.90 Å². The van der Waals surface area contributed by atoms with Crippen LogP contribution in [0.4, 0.5) is 14.9 Å². The van der Waals surface area contributed by atoms with E-state index in [2.05, 4.69) is 10.6 Å². The Morgan fingerprint density at radius 1 is 1.09 bits per heavy atom. The first kappa shape index (κ1) is 15.7. The maximum absolute atomic E-state index is 12.8. The zero-order valence-electron chi connectivity index (χ0n) is 12.9. The lowest BCUT2D eigenvalue weighted by molar-refractivity contribution is -0.117. The molecular formula is C16H21FN4O2. The molecule has 0 bridgehead atoms. The highest BCUT2D eigenvalue weighted by molar-refractivity contribution is 5.92. The van der Waals surface area contributed by atoms with Crippen LogP contribution in [-0.4, -0.2) is 60.5 Å². The van der Waals surface area contributed by atoms with Crippen LogP contribution in [0.1, 0.15) is 12.8 Å². The molecule has 1 aliphatic heterocycles. The largest absolute Gasteiger partial charge is 0.335 e. The molecule has 3 rings (SSSR count). The van der Waals surface area contributed by atoms with Crippen molar-refractivity contribution in [2.75, 3.05) is 38.0 Å². The predicted molar refractivity (Wildman–Crippen MR) is 84.6 cm³/mol. The summed E-state index contributed by atoms with van der Waals surface area (Å²) in [5, 5.41) is 5.72. The van der Waals surface area contributed by atoms with E-state index >= 15 is 0 Å². The second-order valence-electron chi connectivity index (χ2n) is 6.04. The second kappa shape index (κ2) is 6.95. The van der Waals surface area contributed by atoms with Crippen molar-refractivity contribution in [1.82, 2.24) is 15.1 Å². The van der Waals surface area contributed by atoms with Crippen molar-refractivity contribution in [2.24, 2.45) is 0 Å². The summed E-state index contributed by atoms with van der Waals surface area (Å²) in [5.74, 6) is -0.462. The topological polar surface area (TPSA) is 64.7 Å². The molecule has 124 valence electrons. The Morgan fingerprint density at radius 2 is 1.74 bits per heavy atom. The van der Waals surface area contributed by atoms with Crippen LogP contribution in [0.5, 0.6) is 0 Å². The minimum absolute atomic E-state index is 0.00270. The number of anilines is 1. The van der Waals surface area contributed by atoms with Crippen molar-refractivity contribution < 1.29 is 14.0 Å². The van der Waals surface area contributed by atoms with Gasteiger partial charge in [-0.1, -0.05) is 0 Å². The van der Waals surface area contributed by atoms with E-state index in [1.807, 2.05) is 4.90 Å². The lowest BCUT2D eigenvalue weighted by Gasteiger charge is -2.34. The number of carbonyl (C=O) groups is 2. The van der Waals surface area contributed by atoms with Gasteiger partial charge in [-0.05, 0) is 37.1 Å². The molecule has 1 aromatic rings. The molecular weight excluding hydrogens is 299 g/mol. The number of amides is 3. The first-order chi connectivity index (χ1) is 11.1. The van der Waals surface area contributed by atoms with Gasteiger partial charge in [0.05, 0.1) is 6.54 Å². The summed E-state index contributed by atoms with van der Waals surface area (Å²) in [7, 11) is 0. The first-order valence-electron chi connectivity index (χ1n) is 7.93. The lowest BCUT2D eigenvalue weighted by Crippen LogP contribution is -2.53. The van der Waals surface area contributed by atoms with Crippen LogP contribution >= 0.6 is 0 Å². The Hall–Kier alpha value is -2.15. The van der Waals surface area contributed by atoms with Crippen molar-refractivity contribution >= 4 is 17.6 Å². The maximum atomic E-state index is 12.8. The summed E-state index contributed by atoms with van der Waals surface area (Å²) >= 11 is 0. The zero-order chi connectivity index (χ0) is 16.2. The molecule has 1 heterocycles. The molecule has 3 amide bonds. The van der Waals surface area contributed by atoms with E-state index in [0.717, 1.165) is 12.8 Å². The highest BCUT2D eigenvalue weighted by Crippen LogP contribution is 2.19. The fourth-order valence-electron chi connectivity index (χ4n) is 2.54. The van der Waals surface area contributed by atoms with Crippen LogP contribution < -0.4 is 10.6 Å². The van der Waals surface area contributed by atoms with E-state index in [4.69, 9.17) is 0 Å². The summed E-state index contributed by atoms with van der Waals surface area (Å²) in [4.78, 5) is 27.7. The number of rotatable bonds is 4. The second-order valence-corrected chi connectivity index (χ2v) is 6.04. The van der Waals surface area contributed by atoms with E-state index in [1.165, 1.54) is 24.3 Å². The van der Waals surface area contributed by atoms with Crippen LogP contribution in [0.3, 0.4) is 0 Å². The summed E-state index contributed by atoms with van der Waals surface area (Å²) in [6.45, 7) is 2.88. The van der Waals surface area contributed by atoms with Gasteiger partial charge < -0.3 is 15.5 Å². The fourth-order valence-corrected chi connectivity index (χ4v) is 2.54. The van der Waals surface area contributed by atoms with E-state index in [9.17, 15) is 14.0 Å². The molecule has 1 aromatic carbocycles. The number of hydrogen-bond acceptors (Lipinski definition) is 3. The summed E-state index contributed by atoms with van der Waals surface area (Å²) in [6, 6.07) is 6.06. The van der Waals surface area contributed by atoms with E-state index in [0.29, 0.717) is 37.9 Å². The van der Waals surface area contributed by atoms with Crippen LogP contribution in [0, 0.1) is 5.82 Å². The Bertz CT molecular complexity index is 566. The lowest BCUT2D eigenvalue weighted by atomic mass is 10.3. The SMILES string of the molecule is O=C(CN1CCN(C(=O)NC2CC2)CC1)Nc1ccc(F)cc1. The number of halogens is 1. The molecule has 6 nitrogen and oxygen atoms in total. The Labute approximate surface area is 134 Å². The van der Waals surface area contributed by atoms with Crippen LogP contribution in [-0.2, 0) is 4.79 Å². The molecule has 0 aromatic heterocycles. The molecule has 0 atom stereocenters. The van der Waals surface area contributed by atoms with Gasteiger partial charge in [-0.3, -0.25) is 9.69 Å². The van der Waals surface area contributed by atoms with Crippen LogP contribution in [0.15, 0.2) is 24.3 Å². The summed E-state index contributed by atoms with van der Waals surface area (Å²) in [5.41, 5.74) is 0.582. The van der Waals surface area contributed by atoms with Gasteiger partial charge in [0.25, 0.3) is 0 Å². The molecule has 2 aliphatic rings. The summed E-state index contributed by atoms with van der Waals surface area (Å²) < 4.78 is 12.8. The summed E-state index contributed by atoms with van der Waals surface area (Å²) in [6.07, 6.45) is 2.16. The molecule has 1 aliphatic carbocycles. The number of urea groups is 1. The number of piperazine rings is 1. The Balaban J connectivity index is 1.40. The van der Waals surface area contributed by atoms with Gasteiger partial charge in [-0.25, -0.2) is 9.18 Å². The number of hydrogen-bond donors (Lipinski definition) is 2. The average molecular weight is 320 g/mol. The minimum atomic E-state index is -0.330. The standard InChI is InChI=1S/C16H21FN4O2/c17-12-1-3-13(4-2-12)18-15(22)11-20-7-9-21(10-8-20)16(23)19-14-5-6-14/h1-4,14H,5-11H2,(H,18,22)(H,19,23). The fraction of sp³-hybridized carbons (Fsp3) is 0.500. The van der Waals surface area contributed by atoms with Crippen molar-refractivity contribution in [3.63, 3.8) is 0 Å². The Kier molecular flexibility index (Phi) is 4.76. The van der Waals surface area contributed by atoms with Gasteiger partial charge >= 0.3 is 6.03 Å². The number of benzene rings is 1. The minimum Gasteiger partial charge on any atom is -0.335 e. The third-order valence-electron chi connectivity index (χ3n) is 4.06. The monoisotopic (exact) mass is 320 g/mol. The van der Waals surface area contributed by atoms with Gasteiger partial charge in [0, 0.05) is 37.9 Å². The van der Waals surface area contributed by atoms with Gasteiger partial charge in [0.2, 0.25) is 5.91 Å². The van der Waals surface area contributed by atoms with Crippen molar-refractivity contribution in [3.05, 3.63) is 30.1 Å². The van der Waals surface area contributed by atoms with Crippen molar-refractivity contribution in [1.29, 1.82) is 0 Å². The highest BCUT2D eigenvalue weighted by Gasteiger charge is 2.28. The van der Waals surface area contributed by atoms with Gasteiger partial charge in [0.1, 0.15) is 5.82 Å². The Morgan fingerprint density at radius 3 is 2.35 bits per heavy atom. The molecule has 2 fully saturated rings. The van der Waals surface area contributed by atoms with Gasteiger partial charge in [-0.15, -0.1) is 0 Å². The third kappa shape index (κ3) is 4.66. The number of nitrogens with one attached hydrogen (secondary N) is 2. The van der Waals surface area contributed by atoms with Crippen molar-refractivity contribution in [3.8, 4) is 0 Å². The third-order valence-corrected chi connectivity index (χ3v) is 4.06. The van der Waals surface area contributed by atoms with Crippen molar-refractivity contribution in [2.45, 2.75) is 18.9 Å². The average Bonchev–Trinajstić information content (AvgIpc) is 3.34. The normalized spacial score (nSPS) is 18.6. The van der Waals surface area contributed by atoms with Gasteiger partial charge in [0.15, 0.2) is 0 Å². The molecule has 0 radical (unpaired) electrons. The number of nitrogens with zero attached hydrogens (tertiary/aromatic N) is 2. The van der Waals surface area contributed by atoms with E-state index in [-0.39, 0.29) is 24.3 Å². The predicted octanol–water partition coefficient (Wildman–Crippen LogP) is 1.25. The molecule has 1 saturated heterocycles. The van der Waals surface area contributed by atoms with Crippen LogP contribution in [0.2, 0.25) is 0 Å². The molecule has 2 N–H and O–H groups in total. The molecule has 0 spiro atoms. The zero-order valence-corrected chi connectivity index (χ0v) is 12.9. The van der Waals surface area contributed by atoms with Gasteiger partial charge in [-0.2, -0.15) is 0 Å². The molecule has 0 unspecified atom stereocenters. The smallest absolute Gasteiger partial charge is 0.317 e. The first-order valence-corrected chi connectivity index (χ1v) is 7.93. The van der Waals surface area contributed by atoms with E-state index < -0.39 is 0 Å². The maximum Gasteiger partial charge on any atom is 0.317 e. The molecule has 1 saturated carbocycles. The molecule has 23 heavy (non-hydrogen) atoms. The quantitative estimate of drug-likeness (QED) is 0.878. The molecule has 7 heteroatoms. The van der Waals surface area contributed by atoms with Crippen LogP contribution in [0.25, 0.3) is 0 Å². The number of carbonyl (C=O) groups excluding carboxylic acids is 2. The highest BCUT2D eigenvalue weighted by atomic mass is 19.1.